The fourth-order valence-corrected chi connectivity index (χ4v) is 4.48. The van der Waals surface area contributed by atoms with Crippen LogP contribution in [0.25, 0.3) is 0 Å². The minimum absolute atomic E-state index is 0.102. The van der Waals surface area contributed by atoms with E-state index in [1.54, 1.807) is 11.8 Å². The number of piperidine rings is 1. The van der Waals surface area contributed by atoms with E-state index in [4.69, 9.17) is 0 Å². The second-order valence-corrected chi connectivity index (χ2v) is 9.89. The second kappa shape index (κ2) is 8.47. The molecule has 1 amide bonds. The maximum Gasteiger partial charge on any atom is 0.254 e. The van der Waals surface area contributed by atoms with Crippen molar-refractivity contribution in [2.24, 2.45) is 0 Å². The molecule has 0 aliphatic carbocycles. The number of benzene rings is 1. The molecule has 0 saturated carbocycles. The molecule has 0 spiro atoms. The van der Waals surface area contributed by atoms with Crippen LogP contribution in [0.4, 0.5) is 0 Å². The maximum atomic E-state index is 12.8. The molecule has 26 heavy (non-hydrogen) atoms. The molecule has 1 fully saturated rings. The summed E-state index contributed by atoms with van der Waals surface area (Å²) in [4.78, 5) is 14.6. The van der Waals surface area contributed by atoms with Crippen LogP contribution in [-0.2, 0) is 20.0 Å². The molecule has 146 valence electrons. The number of hydrogen-bond donors (Lipinski definition) is 2. The van der Waals surface area contributed by atoms with Gasteiger partial charge in [0.2, 0.25) is 20.0 Å². The van der Waals surface area contributed by atoms with Crippen LogP contribution in [0.1, 0.15) is 36.5 Å². The van der Waals surface area contributed by atoms with Crippen molar-refractivity contribution in [2.75, 3.05) is 25.9 Å². The van der Waals surface area contributed by atoms with Crippen molar-refractivity contribution in [1.29, 1.82) is 0 Å². The Morgan fingerprint density at radius 2 is 1.77 bits per heavy atom. The average molecular weight is 404 g/mol. The zero-order valence-corrected chi connectivity index (χ0v) is 16.6. The van der Waals surface area contributed by atoms with Crippen LogP contribution in [0.5, 0.6) is 0 Å². The van der Waals surface area contributed by atoms with E-state index in [2.05, 4.69) is 9.44 Å². The number of carbonyl (C=O) groups excluding carboxylic acids is 1. The van der Waals surface area contributed by atoms with Crippen molar-refractivity contribution in [3.63, 3.8) is 0 Å². The van der Waals surface area contributed by atoms with Gasteiger partial charge in [0.1, 0.15) is 0 Å². The molecule has 1 aromatic rings. The molecule has 1 heterocycles. The van der Waals surface area contributed by atoms with Crippen LogP contribution in [0, 0.1) is 0 Å². The Morgan fingerprint density at radius 3 is 2.35 bits per heavy atom. The number of likely N-dealkylation sites (tertiary alicyclic amines) is 1. The first kappa shape index (κ1) is 20.8. The van der Waals surface area contributed by atoms with Crippen LogP contribution in [0.15, 0.2) is 29.2 Å². The van der Waals surface area contributed by atoms with Gasteiger partial charge in [0.05, 0.1) is 11.2 Å². The molecule has 1 aliphatic rings. The quantitative estimate of drug-likeness (QED) is 0.690. The number of nitrogens with zero attached hydrogens (tertiary/aromatic N) is 1. The van der Waals surface area contributed by atoms with Crippen molar-refractivity contribution in [3.8, 4) is 0 Å². The van der Waals surface area contributed by atoms with Crippen LogP contribution in [0.2, 0.25) is 0 Å². The van der Waals surface area contributed by atoms with Crippen molar-refractivity contribution in [3.05, 3.63) is 29.8 Å². The SMILES string of the molecule is CCNS(=O)(=O)c1ccc(C(=O)N2CCCC[C@@H]2CNS(C)(=O)=O)cc1. The lowest BCUT2D eigenvalue weighted by molar-refractivity contribution is 0.0618. The molecule has 0 bridgehead atoms. The van der Waals surface area contributed by atoms with E-state index in [-0.39, 0.29) is 29.9 Å². The number of amides is 1. The fraction of sp³-hybridized carbons (Fsp3) is 0.562. The van der Waals surface area contributed by atoms with E-state index in [1.807, 2.05) is 0 Å². The molecule has 0 aromatic heterocycles. The third kappa shape index (κ3) is 5.50. The van der Waals surface area contributed by atoms with Crippen molar-refractivity contribution in [2.45, 2.75) is 37.1 Å². The van der Waals surface area contributed by atoms with E-state index < -0.39 is 20.0 Å². The van der Waals surface area contributed by atoms with Gasteiger partial charge in [-0.2, -0.15) is 0 Å². The predicted octanol–water partition coefficient (Wildman–Crippen LogP) is 0.529. The molecule has 1 atom stereocenters. The topological polar surface area (TPSA) is 113 Å². The fourth-order valence-electron chi connectivity index (χ4n) is 2.94. The van der Waals surface area contributed by atoms with Gasteiger partial charge >= 0.3 is 0 Å². The maximum absolute atomic E-state index is 12.8. The molecule has 1 aromatic carbocycles. The van der Waals surface area contributed by atoms with Crippen LogP contribution < -0.4 is 9.44 Å². The number of carbonyl (C=O) groups is 1. The second-order valence-electron chi connectivity index (χ2n) is 6.29. The normalized spacial score (nSPS) is 18.7. The lowest BCUT2D eigenvalue weighted by atomic mass is 10.0. The minimum Gasteiger partial charge on any atom is -0.334 e. The van der Waals surface area contributed by atoms with Gasteiger partial charge in [-0.1, -0.05) is 6.92 Å². The standard InChI is InChI=1S/C16H25N3O5S2/c1-3-17-26(23,24)15-9-7-13(8-10-15)16(20)19-11-5-4-6-14(19)12-18-25(2,21)22/h7-10,14,17-18H,3-6,11-12H2,1-2H3/t14-/m1/s1. The largest absolute Gasteiger partial charge is 0.334 e. The van der Waals surface area contributed by atoms with Crippen LogP contribution in [-0.4, -0.2) is 59.6 Å². The number of sulfonamides is 2. The smallest absolute Gasteiger partial charge is 0.254 e. The molecular formula is C16H25N3O5S2. The first-order chi connectivity index (χ1) is 12.1. The Labute approximate surface area is 155 Å². The predicted molar refractivity (Wildman–Crippen MR) is 98.8 cm³/mol. The van der Waals surface area contributed by atoms with Crippen LogP contribution in [0.3, 0.4) is 0 Å². The first-order valence-electron chi connectivity index (χ1n) is 8.49. The minimum atomic E-state index is -3.57. The summed E-state index contributed by atoms with van der Waals surface area (Å²) < 4.78 is 51.5. The molecule has 0 unspecified atom stereocenters. The molecule has 1 saturated heterocycles. The zero-order chi connectivity index (χ0) is 19.4. The highest BCUT2D eigenvalue weighted by Gasteiger charge is 2.28. The van der Waals surface area contributed by atoms with E-state index in [9.17, 15) is 21.6 Å². The third-order valence-electron chi connectivity index (χ3n) is 4.22. The Balaban J connectivity index is 2.15. The number of hydrogen-bond acceptors (Lipinski definition) is 5. The highest BCUT2D eigenvalue weighted by atomic mass is 32.2. The summed E-state index contributed by atoms with van der Waals surface area (Å²) >= 11 is 0. The zero-order valence-electron chi connectivity index (χ0n) is 14.9. The Kier molecular flexibility index (Phi) is 6.78. The van der Waals surface area contributed by atoms with E-state index >= 15 is 0 Å². The van der Waals surface area contributed by atoms with Crippen LogP contribution >= 0.6 is 0 Å². The molecule has 0 radical (unpaired) electrons. The Hall–Kier alpha value is -1.49. The Bertz CT molecular complexity index is 835. The summed E-state index contributed by atoms with van der Waals surface area (Å²) in [5, 5.41) is 0. The van der Waals surface area contributed by atoms with E-state index in [0.29, 0.717) is 12.1 Å². The molecule has 2 N–H and O–H groups in total. The van der Waals surface area contributed by atoms with Gasteiger partial charge in [-0.05, 0) is 43.5 Å². The van der Waals surface area contributed by atoms with Gasteiger partial charge in [0, 0.05) is 31.2 Å². The molecule has 10 heteroatoms. The number of nitrogens with one attached hydrogen (secondary N) is 2. The summed E-state index contributed by atoms with van der Waals surface area (Å²) in [5.74, 6) is -0.225. The van der Waals surface area contributed by atoms with Crippen molar-refractivity contribution < 1.29 is 21.6 Å². The van der Waals surface area contributed by atoms with Crippen molar-refractivity contribution >= 4 is 26.0 Å². The van der Waals surface area contributed by atoms with Gasteiger partial charge in [-0.15, -0.1) is 0 Å². The Morgan fingerprint density at radius 1 is 1.12 bits per heavy atom. The van der Waals surface area contributed by atoms with Gasteiger partial charge in [-0.3, -0.25) is 4.79 Å². The van der Waals surface area contributed by atoms with Gasteiger partial charge in [0.25, 0.3) is 5.91 Å². The van der Waals surface area contributed by atoms with Gasteiger partial charge in [0.15, 0.2) is 0 Å². The van der Waals surface area contributed by atoms with E-state index in [1.165, 1.54) is 24.3 Å². The van der Waals surface area contributed by atoms with Crippen molar-refractivity contribution in [1.82, 2.24) is 14.3 Å². The highest BCUT2D eigenvalue weighted by Crippen LogP contribution is 2.20. The summed E-state index contributed by atoms with van der Waals surface area (Å²) in [7, 11) is -6.89. The highest BCUT2D eigenvalue weighted by molar-refractivity contribution is 7.89. The molecule has 1 aliphatic heterocycles. The summed E-state index contributed by atoms with van der Waals surface area (Å²) in [6, 6.07) is 5.57. The lowest BCUT2D eigenvalue weighted by Gasteiger charge is -2.35. The first-order valence-corrected chi connectivity index (χ1v) is 11.9. The molecule has 2 rings (SSSR count). The molecular weight excluding hydrogens is 378 g/mol. The monoisotopic (exact) mass is 403 g/mol. The lowest BCUT2D eigenvalue weighted by Crippen LogP contribution is -2.49. The average Bonchev–Trinajstić information content (AvgIpc) is 2.59. The van der Waals surface area contributed by atoms with E-state index in [0.717, 1.165) is 25.5 Å². The summed E-state index contributed by atoms with van der Waals surface area (Å²) in [5.41, 5.74) is 0.381. The summed E-state index contributed by atoms with van der Waals surface area (Å²) in [6.07, 6.45) is 3.60. The van der Waals surface area contributed by atoms with Gasteiger partial charge < -0.3 is 4.90 Å². The number of rotatable bonds is 7. The third-order valence-corrected chi connectivity index (χ3v) is 6.47. The summed E-state index contributed by atoms with van der Waals surface area (Å²) in [6.45, 7) is 2.70. The molecule has 8 nitrogen and oxygen atoms in total. The van der Waals surface area contributed by atoms with Gasteiger partial charge in [-0.25, -0.2) is 26.3 Å².